The molecule has 94 valence electrons. The van der Waals surface area contributed by atoms with E-state index in [0.717, 1.165) is 19.3 Å². The van der Waals surface area contributed by atoms with Crippen molar-refractivity contribution in [2.24, 2.45) is 0 Å². The van der Waals surface area contributed by atoms with Crippen molar-refractivity contribution >= 4 is 10.1 Å². The number of aliphatic hydroxyl groups is 1. The smallest absolute Gasteiger partial charge is 1.00 e. The third-order valence-corrected chi connectivity index (χ3v) is 3.10. The van der Waals surface area contributed by atoms with Gasteiger partial charge in [-0.05, 0) is 6.42 Å². The number of hydrogen-bond donors (Lipinski definition) is 2. The first-order valence-corrected chi connectivity index (χ1v) is 7.20. The van der Waals surface area contributed by atoms with Gasteiger partial charge in [0.15, 0.2) is 0 Å². The van der Waals surface area contributed by atoms with Crippen LogP contribution in [0.1, 0.15) is 53.3 Å². The quantitative estimate of drug-likeness (QED) is 0.321. The normalized spacial score (nSPS) is 13.2. The van der Waals surface area contributed by atoms with E-state index in [1.54, 1.807) is 0 Å². The van der Waals surface area contributed by atoms with E-state index in [1.807, 2.05) is 0 Å². The van der Waals surface area contributed by atoms with Gasteiger partial charge in [0.1, 0.15) is 5.75 Å². The number of unbranched alkanes of at least 4 members (excludes halogenated alkanes) is 5. The van der Waals surface area contributed by atoms with E-state index in [2.05, 4.69) is 6.92 Å². The number of aliphatic hydroxyl groups excluding tert-OH is 1. The van der Waals surface area contributed by atoms with Gasteiger partial charge >= 0.3 is 29.6 Å². The van der Waals surface area contributed by atoms with Crippen LogP contribution in [0, 0.1) is 0 Å². The molecule has 6 heteroatoms. The van der Waals surface area contributed by atoms with Crippen molar-refractivity contribution in [2.75, 3.05) is 5.75 Å². The monoisotopic (exact) mass is 262 g/mol. The summed E-state index contributed by atoms with van der Waals surface area (Å²) in [5, 5.41) is 9.25. The molecule has 16 heavy (non-hydrogen) atoms. The third kappa shape index (κ3) is 14.9. The summed E-state index contributed by atoms with van der Waals surface area (Å²) in [6.07, 6.45) is 6.12. The van der Waals surface area contributed by atoms with Crippen LogP contribution in [0.25, 0.3) is 0 Å². The van der Waals surface area contributed by atoms with Crippen molar-refractivity contribution in [3.8, 4) is 0 Å². The van der Waals surface area contributed by atoms with E-state index in [4.69, 9.17) is 4.55 Å². The van der Waals surface area contributed by atoms with Gasteiger partial charge in [-0.3, -0.25) is 4.55 Å². The standard InChI is InChI=1S/C10H22O4S.Na.H/c1-2-3-4-5-6-7-8-10(11)9-15(12,13)14;;/h10-11H,2-9H2,1H3,(H,12,13,14);;/q;+1;-1. The molecule has 0 radical (unpaired) electrons. The van der Waals surface area contributed by atoms with Crippen LogP contribution in [0.5, 0.6) is 0 Å². The second kappa shape index (κ2) is 11.0. The van der Waals surface area contributed by atoms with E-state index >= 15 is 0 Å². The van der Waals surface area contributed by atoms with Gasteiger partial charge in [0.05, 0.1) is 6.10 Å². The Labute approximate surface area is 122 Å². The Morgan fingerprint density at radius 2 is 1.62 bits per heavy atom. The Morgan fingerprint density at radius 3 is 2.12 bits per heavy atom. The van der Waals surface area contributed by atoms with Crippen LogP contribution in [0.15, 0.2) is 0 Å². The van der Waals surface area contributed by atoms with Gasteiger partial charge in [-0.2, -0.15) is 8.42 Å². The average Bonchev–Trinajstić information content (AvgIpc) is 2.08. The minimum atomic E-state index is -4.02. The van der Waals surface area contributed by atoms with Crippen LogP contribution in [0.2, 0.25) is 0 Å². The van der Waals surface area contributed by atoms with Crippen LogP contribution in [0.4, 0.5) is 0 Å². The summed E-state index contributed by atoms with van der Waals surface area (Å²) in [4.78, 5) is 0. The molecule has 0 bridgehead atoms. The Balaban J connectivity index is -0.000000980. The number of rotatable bonds is 9. The molecule has 0 rings (SSSR count). The fourth-order valence-corrected chi connectivity index (χ4v) is 2.14. The van der Waals surface area contributed by atoms with Crippen molar-refractivity contribution in [3.05, 3.63) is 0 Å². The molecule has 1 atom stereocenters. The van der Waals surface area contributed by atoms with Gasteiger partial charge < -0.3 is 6.53 Å². The van der Waals surface area contributed by atoms with Crippen molar-refractivity contribution in [3.63, 3.8) is 0 Å². The summed E-state index contributed by atoms with van der Waals surface area (Å²) in [7, 11) is -4.02. The molecule has 0 saturated heterocycles. The van der Waals surface area contributed by atoms with E-state index in [-0.39, 0.29) is 31.0 Å². The zero-order chi connectivity index (χ0) is 11.7. The predicted octanol–water partition coefficient (Wildman–Crippen LogP) is -0.898. The molecule has 0 heterocycles. The topological polar surface area (TPSA) is 74.6 Å². The first-order chi connectivity index (χ1) is 6.95. The molecule has 0 aromatic heterocycles. The van der Waals surface area contributed by atoms with Crippen LogP contribution >= 0.6 is 0 Å². The molecule has 0 aliphatic heterocycles. The van der Waals surface area contributed by atoms with Gasteiger partial charge in [-0.15, -0.1) is 0 Å². The summed E-state index contributed by atoms with van der Waals surface area (Å²) in [6, 6.07) is 0. The molecule has 0 fully saturated rings. The maximum absolute atomic E-state index is 10.4. The number of hydrogen-bond acceptors (Lipinski definition) is 3. The van der Waals surface area contributed by atoms with E-state index in [0.29, 0.717) is 6.42 Å². The van der Waals surface area contributed by atoms with Crippen LogP contribution in [-0.2, 0) is 10.1 Å². The minimum Gasteiger partial charge on any atom is -1.00 e. The molecule has 0 amide bonds. The van der Waals surface area contributed by atoms with E-state index in [1.165, 1.54) is 19.3 Å². The van der Waals surface area contributed by atoms with Crippen molar-refractivity contribution in [1.29, 1.82) is 0 Å². The summed E-state index contributed by atoms with van der Waals surface area (Å²) < 4.78 is 29.3. The maximum Gasteiger partial charge on any atom is 1.00 e. The molecule has 0 aromatic rings. The molecular weight excluding hydrogens is 239 g/mol. The predicted molar refractivity (Wildman–Crippen MR) is 61.5 cm³/mol. The van der Waals surface area contributed by atoms with Crippen molar-refractivity contribution < 1.29 is 49.1 Å². The molecule has 0 aromatic carbocycles. The molecule has 0 saturated carbocycles. The second-order valence-electron chi connectivity index (χ2n) is 3.96. The summed E-state index contributed by atoms with van der Waals surface area (Å²) in [6.45, 7) is 2.15. The average molecular weight is 262 g/mol. The molecule has 0 aliphatic rings. The minimum absolute atomic E-state index is 0. The summed E-state index contributed by atoms with van der Waals surface area (Å²) in [5.41, 5.74) is 0. The van der Waals surface area contributed by atoms with E-state index < -0.39 is 22.0 Å². The van der Waals surface area contributed by atoms with Crippen LogP contribution in [0.3, 0.4) is 0 Å². The van der Waals surface area contributed by atoms with Gasteiger partial charge in [0, 0.05) is 0 Å². The Hall–Kier alpha value is 0.870. The van der Waals surface area contributed by atoms with Gasteiger partial charge in [-0.1, -0.05) is 45.4 Å². The second-order valence-corrected chi connectivity index (χ2v) is 5.46. The molecular formula is C10H23NaO4S. The fourth-order valence-electron chi connectivity index (χ4n) is 1.49. The van der Waals surface area contributed by atoms with Crippen molar-refractivity contribution in [1.82, 2.24) is 0 Å². The van der Waals surface area contributed by atoms with Gasteiger partial charge in [0.2, 0.25) is 0 Å². The molecule has 4 nitrogen and oxygen atoms in total. The Bertz CT molecular complexity index is 247. The largest absolute Gasteiger partial charge is 1.00 e. The van der Waals surface area contributed by atoms with Crippen molar-refractivity contribution in [2.45, 2.75) is 58.0 Å². The van der Waals surface area contributed by atoms with Gasteiger partial charge in [-0.25, -0.2) is 0 Å². The first-order valence-electron chi connectivity index (χ1n) is 5.59. The molecule has 2 N–H and O–H groups in total. The van der Waals surface area contributed by atoms with E-state index in [9.17, 15) is 13.5 Å². The van der Waals surface area contributed by atoms with Crippen LogP contribution < -0.4 is 29.6 Å². The zero-order valence-corrected chi connectivity index (χ0v) is 13.2. The SMILES string of the molecule is CCCCCCCCC(O)CS(=O)(=O)O.[H-].[Na+]. The Kier molecular flexibility index (Phi) is 13.2. The van der Waals surface area contributed by atoms with Crippen LogP contribution in [-0.4, -0.2) is 29.9 Å². The zero-order valence-electron chi connectivity index (χ0n) is 11.4. The fraction of sp³-hybridized carbons (Fsp3) is 1.00. The molecule has 0 aliphatic carbocycles. The van der Waals surface area contributed by atoms with Gasteiger partial charge in [0.25, 0.3) is 10.1 Å². The summed E-state index contributed by atoms with van der Waals surface area (Å²) >= 11 is 0. The molecule has 0 spiro atoms. The summed E-state index contributed by atoms with van der Waals surface area (Å²) in [5.74, 6) is -0.540. The maximum atomic E-state index is 10.4. The third-order valence-electron chi connectivity index (χ3n) is 2.29. The molecule has 1 unspecified atom stereocenters. The first kappa shape index (κ1) is 19.2. The Morgan fingerprint density at radius 1 is 1.12 bits per heavy atom.